The van der Waals surface area contributed by atoms with Gasteiger partial charge in [0.25, 0.3) is 0 Å². The average molecular weight is 421 g/mol. The molecule has 7 heteroatoms. The minimum Gasteiger partial charge on any atom is -0.497 e. The van der Waals surface area contributed by atoms with E-state index in [1.165, 1.54) is 5.56 Å². The molecule has 31 heavy (non-hydrogen) atoms. The molecule has 0 radical (unpaired) electrons. The Labute approximate surface area is 182 Å². The summed E-state index contributed by atoms with van der Waals surface area (Å²) >= 11 is 0. The summed E-state index contributed by atoms with van der Waals surface area (Å²) in [5.74, 6) is 2.12. The lowest BCUT2D eigenvalue weighted by molar-refractivity contribution is -0.132. The minimum absolute atomic E-state index is 0.00216. The first kappa shape index (κ1) is 21.1. The zero-order valence-electron chi connectivity index (χ0n) is 18.2. The molecule has 1 atom stereocenters. The molecule has 1 saturated heterocycles. The quantitative estimate of drug-likeness (QED) is 0.608. The molecule has 2 aromatic carbocycles. The molecule has 1 unspecified atom stereocenters. The van der Waals surface area contributed by atoms with Crippen LogP contribution in [0, 0.1) is 6.92 Å². The second-order valence-electron chi connectivity index (χ2n) is 7.94. The van der Waals surface area contributed by atoms with E-state index >= 15 is 0 Å². The zero-order valence-corrected chi connectivity index (χ0v) is 18.2. The Morgan fingerprint density at radius 3 is 2.58 bits per heavy atom. The van der Waals surface area contributed by atoms with Crippen LogP contribution in [-0.4, -0.2) is 59.1 Å². The molecular weight excluding hydrogens is 392 g/mol. The fourth-order valence-corrected chi connectivity index (χ4v) is 3.81. The number of methoxy groups -OCH3 is 1. The molecule has 0 bridgehead atoms. The van der Waals surface area contributed by atoms with E-state index in [4.69, 9.17) is 9.26 Å². The Hall–Kier alpha value is -3.19. The molecule has 1 aliphatic rings. The molecule has 4 rings (SSSR count). The molecular formula is C24H28N4O3. The summed E-state index contributed by atoms with van der Waals surface area (Å²) in [6, 6.07) is 15.8. The van der Waals surface area contributed by atoms with Crippen molar-refractivity contribution in [3.8, 4) is 17.1 Å². The van der Waals surface area contributed by atoms with Gasteiger partial charge in [0, 0.05) is 31.7 Å². The summed E-state index contributed by atoms with van der Waals surface area (Å²) in [7, 11) is 1.63. The number of carbonyl (C=O) groups is 1. The van der Waals surface area contributed by atoms with Crippen molar-refractivity contribution in [2.75, 3.05) is 33.3 Å². The summed E-state index contributed by atoms with van der Waals surface area (Å²) in [4.78, 5) is 21.5. The van der Waals surface area contributed by atoms with Crippen LogP contribution in [-0.2, 0) is 11.2 Å². The van der Waals surface area contributed by atoms with Crippen molar-refractivity contribution in [2.24, 2.45) is 0 Å². The van der Waals surface area contributed by atoms with Crippen molar-refractivity contribution in [1.82, 2.24) is 19.9 Å². The van der Waals surface area contributed by atoms with E-state index in [9.17, 15) is 4.79 Å². The second-order valence-corrected chi connectivity index (χ2v) is 7.94. The predicted octanol–water partition coefficient (Wildman–Crippen LogP) is 3.50. The number of nitrogens with zero attached hydrogens (tertiary/aromatic N) is 4. The molecule has 2 heterocycles. The van der Waals surface area contributed by atoms with Gasteiger partial charge in [-0.15, -0.1) is 0 Å². The van der Waals surface area contributed by atoms with Gasteiger partial charge in [0.1, 0.15) is 5.75 Å². The maximum Gasteiger partial charge on any atom is 0.244 e. The molecule has 7 nitrogen and oxygen atoms in total. The lowest BCUT2D eigenvalue weighted by Crippen LogP contribution is -2.49. The van der Waals surface area contributed by atoms with Gasteiger partial charge in [0.2, 0.25) is 17.6 Å². The topological polar surface area (TPSA) is 71.7 Å². The first-order valence-corrected chi connectivity index (χ1v) is 10.6. The van der Waals surface area contributed by atoms with Gasteiger partial charge in [-0.05, 0) is 31.5 Å². The Morgan fingerprint density at radius 2 is 1.87 bits per heavy atom. The molecule has 3 aromatic rings. The van der Waals surface area contributed by atoms with Crippen LogP contribution in [0.1, 0.15) is 30.0 Å². The van der Waals surface area contributed by atoms with Crippen molar-refractivity contribution < 1.29 is 14.1 Å². The third-order valence-electron chi connectivity index (χ3n) is 5.81. The molecule has 0 N–H and O–H groups in total. The van der Waals surface area contributed by atoms with E-state index in [1.54, 1.807) is 7.11 Å². The summed E-state index contributed by atoms with van der Waals surface area (Å²) in [5, 5.41) is 4.15. The van der Waals surface area contributed by atoms with Crippen LogP contribution in [0.3, 0.4) is 0 Å². The third-order valence-corrected chi connectivity index (χ3v) is 5.81. The van der Waals surface area contributed by atoms with Gasteiger partial charge in [-0.3, -0.25) is 9.69 Å². The van der Waals surface area contributed by atoms with Crippen molar-refractivity contribution in [1.29, 1.82) is 0 Å². The van der Waals surface area contributed by atoms with E-state index < -0.39 is 0 Å². The van der Waals surface area contributed by atoms with Gasteiger partial charge in [0.15, 0.2) is 0 Å². The highest BCUT2D eigenvalue weighted by Crippen LogP contribution is 2.24. The summed E-state index contributed by atoms with van der Waals surface area (Å²) < 4.78 is 10.8. The highest BCUT2D eigenvalue weighted by molar-refractivity contribution is 5.79. The van der Waals surface area contributed by atoms with Crippen molar-refractivity contribution >= 4 is 5.91 Å². The van der Waals surface area contributed by atoms with Gasteiger partial charge >= 0.3 is 0 Å². The molecule has 1 fully saturated rings. The van der Waals surface area contributed by atoms with E-state index in [-0.39, 0.29) is 11.9 Å². The SMILES string of the molecule is COc1cccc(CC(=O)N2CCN(C(C)c3nc(-c4ccc(C)cc4)no3)CC2)c1. The van der Waals surface area contributed by atoms with Crippen molar-refractivity contribution in [2.45, 2.75) is 26.3 Å². The zero-order chi connectivity index (χ0) is 21.8. The number of benzene rings is 2. The van der Waals surface area contributed by atoms with Crippen LogP contribution in [0.25, 0.3) is 11.4 Å². The van der Waals surface area contributed by atoms with E-state index in [0.717, 1.165) is 30.0 Å². The van der Waals surface area contributed by atoms with E-state index in [0.29, 0.717) is 31.2 Å². The highest BCUT2D eigenvalue weighted by atomic mass is 16.5. The fraction of sp³-hybridized carbons (Fsp3) is 0.375. The monoisotopic (exact) mass is 420 g/mol. The first-order chi connectivity index (χ1) is 15.0. The van der Waals surface area contributed by atoms with Crippen LogP contribution in [0.2, 0.25) is 0 Å². The van der Waals surface area contributed by atoms with Crippen molar-refractivity contribution in [3.63, 3.8) is 0 Å². The summed E-state index contributed by atoms with van der Waals surface area (Å²) in [6.45, 7) is 7.04. The normalized spacial score (nSPS) is 15.6. The standard InChI is InChI=1S/C24H28N4O3/c1-17-7-9-20(10-8-17)23-25-24(31-26-23)18(2)27-11-13-28(14-12-27)22(29)16-19-5-4-6-21(15-19)30-3/h4-10,15,18H,11-14,16H2,1-3H3. The van der Waals surface area contributed by atoms with Crippen LogP contribution < -0.4 is 4.74 Å². The predicted molar refractivity (Wildman–Crippen MR) is 118 cm³/mol. The number of rotatable bonds is 6. The lowest BCUT2D eigenvalue weighted by atomic mass is 10.1. The van der Waals surface area contributed by atoms with Crippen LogP contribution in [0.5, 0.6) is 5.75 Å². The van der Waals surface area contributed by atoms with Gasteiger partial charge in [-0.2, -0.15) is 4.98 Å². The minimum atomic E-state index is 0.00216. The van der Waals surface area contributed by atoms with Gasteiger partial charge in [0.05, 0.1) is 19.6 Å². The maximum atomic E-state index is 12.7. The number of aryl methyl sites for hydroxylation is 1. The van der Waals surface area contributed by atoms with E-state index in [2.05, 4.69) is 28.9 Å². The van der Waals surface area contributed by atoms with Gasteiger partial charge in [-0.25, -0.2) is 0 Å². The maximum absolute atomic E-state index is 12.7. The number of hydrogen-bond donors (Lipinski definition) is 0. The molecule has 0 spiro atoms. The van der Waals surface area contributed by atoms with Gasteiger partial charge in [-0.1, -0.05) is 47.1 Å². The largest absolute Gasteiger partial charge is 0.497 e. The Kier molecular flexibility index (Phi) is 6.32. The average Bonchev–Trinajstić information content (AvgIpc) is 3.29. The van der Waals surface area contributed by atoms with Crippen LogP contribution >= 0.6 is 0 Å². The molecule has 1 amide bonds. The smallest absolute Gasteiger partial charge is 0.244 e. The summed E-state index contributed by atoms with van der Waals surface area (Å²) in [5.41, 5.74) is 3.11. The number of piperazine rings is 1. The number of aromatic nitrogens is 2. The lowest BCUT2D eigenvalue weighted by Gasteiger charge is -2.36. The van der Waals surface area contributed by atoms with E-state index in [1.807, 2.05) is 53.4 Å². The number of amides is 1. The molecule has 1 aromatic heterocycles. The molecule has 162 valence electrons. The number of ether oxygens (including phenoxy) is 1. The summed E-state index contributed by atoms with van der Waals surface area (Å²) in [6.07, 6.45) is 0.385. The Morgan fingerprint density at radius 1 is 1.13 bits per heavy atom. The highest BCUT2D eigenvalue weighted by Gasteiger charge is 2.27. The second kappa shape index (κ2) is 9.31. The Balaban J connectivity index is 1.33. The number of carbonyl (C=O) groups excluding carboxylic acids is 1. The van der Waals surface area contributed by atoms with Crippen LogP contribution in [0.15, 0.2) is 53.1 Å². The first-order valence-electron chi connectivity index (χ1n) is 10.6. The van der Waals surface area contributed by atoms with Crippen molar-refractivity contribution in [3.05, 3.63) is 65.5 Å². The third kappa shape index (κ3) is 4.94. The number of hydrogen-bond acceptors (Lipinski definition) is 6. The van der Waals surface area contributed by atoms with Crippen LogP contribution in [0.4, 0.5) is 0 Å². The molecule has 1 aliphatic heterocycles. The van der Waals surface area contributed by atoms with Gasteiger partial charge < -0.3 is 14.2 Å². The fourth-order valence-electron chi connectivity index (χ4n) is 3.81. The molecule has 0 saturated carbocycles. The Bertz CT molecular complexity index is 1020. The molecule has 0 aliphatic carbocycles.